The van der Waals surface area contributed by atoms with E-state index in [0.717, 1.165) is 37.6 Å². The first-order valence-corrected chi connectivity index (χ1v) is 9.32. The van der Waals surface area contributed by atoms with Crippen LogP contribution in [0.2, 0.25) is 0 Å². The Morgan fingerprint density at radius 2 is 2.00 bits per heavy atom. The quantitative estimate of drug-likeness (QED) is 0.905. The van der Waals surface area contributed by atoms with Gasteiger partial charge in [0.15, 0.2) is 0 Å². The molecule has 0 aliphatic carbocycles. The summed E-state index contributed by atoms with van der Waals surface area (Å²) < 4.78 is 0. The number of carbonyl (C=O) groups excluding carboxylic acids is 1. The number of nitrogens with zero attached hydrogens (tertiary/aromatic N) is 5. The summed E-state index contributed by atoms with van der Waals surface area (Å²) in [7, 11) is 3.86. The van der Waals surface area contributed by atoms with Crippen molar-refractivity contribution in [3.05, 3.63) is 11.8 Å². The first kappa shape index (κ1) is 17.9. The lowest BCUT2D eigenvalue weighted by molar-refractivity contribution is 0.192. The van der Waals surface area contributed by atoms with Crippen LogP contribution < -0.4 is 10.2 Å². The summed E-state index contributed by atoms with van der Waals surface area (Å²) in [6.45, 7) is 7.11. The third-order valence-corrected chi connectivity index (χ3v) is 5.06. The molecular formula is C18H30N6O. The van der Waals surface area contributed by atoms with E-state index in [-0.39, 0.29) is 6.03 Å². The molecule has 2 saturated heterocycles. The second kappa shape index (κ2) is 7.99. The van der Waals surface area contributed by atoms with E-state index in [9.17, 15) is 4.79 Å². The van der Waals surface area contributed by atoms with E-state index in [1.54, 1.807) is 0 Å². The molecule has 25 heavy (non-hydrogen) atoms. The molecule has 138 valence electrons. The van der Waals surface area contributed by atoms with Crippen LogP contribution >= 0.6 is 0 Å². The molecule has 2 fully saturated rings. The summed E-state index contributed by atoms with van der Waals surface area (Å²) in [6.07, 6.45) is 5.08. The summed E-state index contributed by atoms with van der Waals surface area (Å²) in [5, 5.41) is 2.87. The Balaban J connectivity index is 1.53. The van der Waals surface area contributed by atoms with Crippen LogP contribution in [0.15, 0.2) is 6.07 Å². The third-order valence-electron chi connectivity index (χ3n) is 5.06. The molecule has 0 saturated carbocycles. The van der Waals surface area contributed by atoms with Crippen molar-refractivity contribution in [1.82, 2.24) is 19.8 Å². The Labute approximate surface area is 150 Å². The number of hydrogen-bond acceptors (Lipinski definition) is 5. The normalized spacial score (nSPS) is 21.4. The van der Waals surface area contributed by atoms with Crippen molar-refractivity contribution >= 4 is 17.8 Å². The van der Waals surface area contributed by atoms with Gasteiger partial charge in [0.25, 0.3) is 0 Å². The molecule has 0 radical (unpaired) electrons. The third kappa shape index (κ3) is 4.81. The minimum Gasteiger partial charge on any atom is -0.363 e. The van der Waals surface area contributed by atoms with Crippen molar-refractivity contribution in [2.45, 2.75) is 32.6 Å². The van der Waals surface area contributed by atoms with Crippen LogP contribution in [0.3, 0.4) is 0 Å². The number of urea groups is 1. The number of nitrogens with one attached hydrogen (secondary N) is 1. The van der Waals surface area contributed by atoms with E-state index < -0.39 is 0 Å². The van der Waals surface area contributed by atoms with Crippen molar-refractivity contribution in [2.24, 2.45) is 5.92 Å². The highest BCUT2D eigenvalue weighted by Gasteiger charge is 2.28. The van der Waals surface area contributed by atoms with E-state index in [1.807, 2.05) is 36.9 Å². The molecule has 1 aromatic heterocycles. The molecule has 7 heteroatoms. The molecule has 1 atom stereocenters. The molecular weight excluding hydrogens is 316 g/mol. The maximum atomic E-state index is 12.6. The van der Waals surface area contributed by atoms with E-state index in [2.05, 4.69) is 20.2 Å². The zero-order valence-electron chi connectivity index (χ0n) is 15.7. The molecule has 0 unspecified atom stereocenters. The summed E-state index contributed by atoms with van der Waals surface area (Å²) in [6, 6.07) is 1.82. The highest BCUT2D eigenvalue weighted by atomic mass is 16.2. The fourth-order valence-corrected chi connectivity index (χ4v) is 3.68. The van der Waals surface area contributed by atoms with Crippen LogP contribution in [0.1, 0.15) is 31.4 Å². The number of rotatable bonds is 4. The van der Waals surface area contributed by atoms with Gasteiger partial charge in [-0.05, 0) is 45.2 Å². The first-order chi connectivity index (χ1) is 12.0. The van der Waals surface area contributed by atoms with Gasteiger partial charge >= 0.3 is 6.03 Å². The number of likely N-dealkylation sites (tertiary alicyclic amines) is 2. The molecule has 0 spiro atoms. The number of amides is 2. The van der Waals surface area contributed by atoms with Gasteiger partial charge in [0, 0.05) is 45.5 Å². The number of hydrogen-bond donors (Lipinski definition) is 1. The Hall–Kier alpha value is -1.89. The molecule has 0 aromatic carbocycles. The Bertz CT molecular complexity index is 599. The predicted molar refractivity (Wildman–Crippen MR) is 100 cm³/mol. The molecule has 7 nitrogen and oxygen atoms in total. The fraction of sp³-hybridized carbons (Fsp3) is 0.722. The molecule has 1 N–H and O–H groups in total. The zero-order valence-corrected chi connectivity index (χ0v) is 15.7. The van der Waals surface area contributed by atoms with Gasteiger partial charge in [0.1, 0.15) is 5.82 Å². The fourth-order valence-electron chi connectivity index (χ4n) is 3.68. The van der Waals surface area contributed by atoms with Crippen LogP contribution in [0.25, 0.3) is 0 Å². The van der Waals surface area contributed by atoms with Crippen molar-refractivity contribution in [1.29, 1.82) is 0 Å². The van der Waals surface area contributed by atoms with Crippen molar-refractivity contribution in [3.63, 3.8) is 0 Å². The smallest absolute Gasteiger partial charge is 0.324 e. The highest BCUT2D eigenvalue weighted by Crippen LogP contribution is 2.21. The summed E-state index contributed by atoms with van der Waals surface area (Å²) in [5.74, 6) is 1.76. The molecule has 2 aliphatic heterocycles. The van der Waals surface area contributed by atoms with E-state index in [1.165, 1.54) is 32.4 Å². The van der Waals surface area contributed by atoms with Gasteiger partial charge in [-0.15, -0.1) is 0 Å². The molecule has 3 heterocycles. The van der Waals surface area contributed by atoms with Crippen LogP contribution in [-0.2, 0) is 0 Å². The van der Waals surface area contributed by atoms with Crippen molar-refractivity contribution in [2.75, 3.05) is 57.0 Å². The topological polar surface area (TPSA) is 64.6 Å². The highest BCUT2D eigenvalue weighted by molar-refractivity contribution is 5.87. The second-order valence-corrected chi connectivity index (χ2v) is 7.48. The SMILES string of the molecule is Cc1cc(N(C)C)nc(NC(=O)N2CC[C@@H](CN3CCCCC3)C2)n1. The van der Waals surface area contributed by atoms with Gasteiger partial charge in [0.05, 0.1) is 0 Å². The number of piperidine rings is 1. The van der Waals surface area contributed by atoms with Crippen molar-refractivity contribution < 1.29 is 4.79 Å². The monoisotopic (exact) mass is 346 g/mol. The van der Waals surface area contributed by atoms with Gasteiger partial charge in [0.2, 0.25) is 5.95 Å². The number of aromatic nitrogens is 2. The Kier molecular flexibility index (Phi) is 5.73. The number of carbonyl (C=O) groups is 1. The molecule has 0 bridgehead atoms. The van der Waals surface area contributed by atoms with Crippen LogP contribution in [0.5, 0.6) is 0 Å². The second-order valence-electron chi connectivity index (χ2n) is 7.48. The van der Waals surface area contributed by atoms with Gasteiger partial charge < -0.3 is 14.7 Å². The minimum absolute atomic E-state index is 0.0866. The zero-order chi connectivity index (χ0) is 17.8. The van der Waals surface area contributed by atoms with Crippen LogP contribution in [-0.4, -0.2) is 72.6 Å². The number of aryl methyl sites for hydroxylation is 1. The average Bonchev–Trinajstić information content (AvgIpc) is 3.04. The Morgan fingerprint density at radius 3 is 2.72 bits per heavy atom. The molecule has 1 aromatic rings. The standard InChI is InChI=1S/C18H30N6O/c1-14-11-16(22(2)3)20-17(19-14)21-18(25)24-10-7-15(13-24)12-23-8-5-4-6-9-23/h11,15H,4-10,12-13H2,1-3H3,(H,19,20,21,25)/t15-/m0/s1. The van der Waals surface area contributed by atoms with Crippen molar-refractivity contribution in [3.8, 4) is 0 Å². The minimum atomic E-state index is -0.0866. The summed E-state index contributed by atoms with van der Waals surface area (Å²) >= 11 is 0. The largest absolute Gasteiger partial charge is 0.363 e. The lowest BCUT2D eigenvalue weighted by atomic mass is 10.1. The number of anilines is 2. The molecule has 2 amide bonds. The predicted octanol–water partition coefficient (Wildman–Crippen LogP) is 2.19. The first-order valence-electron chi connectivity index (χ1n) is 9.32. The van der Waals surface area contributed by atoms with Gasteiger partial charge in [-0.3, -0.25) is 5.32 Å². The van der Waals surface area contributed by atoms with Crippen LogP contribution in [0.4, 0.5) is 16.6 Å². The van der Waals surface area contributed by atoms with Gasteiger partial charge in [-0.25, -0.2) is 9.78 Å². The van der Waals surface area contributed by atoms with Gasteiger partial charge in [-0.2, -0.15) is 4.98 Å². The summed E-state index contributed by atoms with van der Waals surface area (Å²) in [4.78, 5) is 27.7. The maximum absolute atomic E-state index is 12.6. The van der Waals surface area contributed by atoms with E-state index in [0.29, 0.717) is 11.9 Å². The van der Waals surface area contributed by atoms with E-state index in [4.69, 9.17) is 0 Å². The molecule has 2 aliphatic rings. The maximum Gasteiger partial charge on any atom is 0.324 e. The van der Waals surface area contributed by atoms with Gasteiger partial charge in [-0.1, -0.05) is 6.42 Å². The lowest BCUT2D eigenvalue weighted by Gasteiger charge is -2.28. The van der Waals surface area contributed by atoms with E-state index >= 15 is 0 Å². The average molecular weight is 346 g/mol. The lowest BCUT2D eigenvalue weighted by Crippen LogP contribution is -2.37. The van der Waals surface area contributed by atoms with Crippen LogP contribution in [0, 0.1) is 12.8 Å². The molecule has 3 rings (SSSR count). The summed E-state index contributed by atoms with van der Waals surface area (Å²) in [5.41, 5.74) is 0.846. The Morgan fingerprint density at radius 1 is 1.24 bits per heavy atom.